The molecule has 0 saturated carbocycles. The Morgan fingerprint density at radius 1 is 1.24 bits per heavy atom. The molecule has 2 atom stereocenters. The summed E-state index contributed by atoms with van der Waals surface area (Å²) in [6.45, 7) is 7.58. The van der Waals surface area contributed by atoms with Crippen molar-refractivity contribution in [3.05, 3.63) is 0 Å². The molecule has 0 aromatic heterocycles. The molecule has 2 aliphatic heterocycles. The highest BCUT2D eigenvalue weighted by Crippen LogP contribution is 2.39. The molecule has 6 heteroatoms. The topological polar surface area (TPSA) is 92.9 Å². The predicted molar refractivity (Wildman–Crippen MR) is 80.0 cm³/mol. The molecule has 0 spiro atoms. The number of hydrogen-bond acceptors (Lipinski definition) is 4. The first-order valence-corrected chi connectivity index (χ1v) is 7.55. The molecule has 2 bridgehead atoms. The van der Waals surface area contributed by atoms with Crippen LogP contribution in [0, 0.1) is 5.92 Å². The van der Waals surface area contributed by atoms with Crippen molar-refractivity contribution in [1.29, 1.82) is 0 Å². The summed E-state index contributed by atoms with van der Waals surface area (Å²) >= 11 is 0. The molecule has 2 aliphatic rings. The number of rotatable bonds is 1. The third-order valence-electron chi connectivity index (χ3n) is 3.77. The molecule has 122 valence electrons. The van der Waals surface area contributed by atoms with E-state index in [9.17, 15) is 4.79 Å². The minimum absolute atomic E-state index is 0.138. The normalized spacial score (nSPS) is 27.7. The zero-order chi connectivity index (χ0) is 16.2. The first kappa shape index (κ1) is 17.8. The molecule has 6 nitrogen and oxygen atoms in total. The Hall–Kier alpha value is -1.30. The van der Waals surface area contributed by atoms with E-state index in [0.29, 0.717) is 18.0 Å². The molecule has 21 heavy (non-hydrogen) atoms. The van der Waals surface area contributed by atoms with E-state index in [4.69, 9.17) is 20.4 Å². The molecule has 0 aromatic carbocycles. The lowest BCUT2D eigenvalue weighted by Gasteiger charge is -2.39. The van der Waals surface area contributed by atoms with Crippen LogP contribution in [0.3, 0.4) is 0 Å². The monoisotopic (exact) mass is 300 g/mol. The summed E-state index contributed by atoms with van der Waals surface area (Å²) in [6, 6.07) is 0.717. The molecule has 0 radical (unpaired) electrons. The van der Waals surface area contributed by atoms with Crippen molar-refractivity contribution < 1.29 is 19.4 Å². The van der Waals surface area contributed by atoms with E-state index in [1.165, 1.54) is 0 Å². The Labute approximate surface area is 126 Å². The largest absolute Gasteiger partial charge is 0.481 e. The molecular weight excluding hydrogens is 272 g/mol. The van der Waals surface area contributed by atoms with Crippen LogP contribution in [0.25, 0.3) is 0 Å². The van der Waals surface area contributed by atoms with Gasteiger partial charge >= 0.3 is 6.09 Å². The highest BCUT2D eigenvalue weighted by Gasteiger charge is 2.44. The van der Waals surface area contributed by atoms with E-state index in [0.717, 1.165) is 39.2 Å². The number of amides is 1. The standard InChI is InChI=1S/C13H24N2O2.C2H4O2/c1-13(2,3)17-12(16)15-10-4-5-11(15)7-9(6-10)8-14;1-2(3)4/h9-11H,4-8,14H2,1-3H3;1H3,(H,3,4). The number of piperidine rings is 1. The summed E-state index contributed by atoms with van der Waals surface area (Å²) in [4.78, 5) is 23.1. The molecule has 0 aromatic rings. The van der Waals surface area contributed by atoms with Gasteiger partial charge in [-0.2, -0.15) is 0 Å². The van der Waals surface area contributed by atoms with E-state index >= 15 is 0 Å². The zero-order valence-electron chi connectivity index (χ0n) is 13.5. The summed E-state index contributed by atoms with van der Waals surface area (Å²) in [7, 11) is 0. The van der Waals surface area contributed by atoms with E-state index in [2.05, 4.69) is 0 Å². The van der Waals surface area contributed by atoms with Gasteiger partial charge < -0.3 is 20.5 Å². The number of nitrogens with two attached hydrogens (primary N) is 1. The van der Waals surface area contributed by atoms with Crippen molar-refractivity contribution in [3.63, 3.8) is 0 Å². The van der Waals surface area contributed by atoms with Gasteiger partial charge in [0.25, 0.3) is 5.97 Å². The highest BCUT2D eigenvalue weighted by molar-refractivity contribution is 5.69. The van der Waals surface area contributed by atoms with Crippen molar-refractivity contribution >= 4 is 12.1 Å². The number of aliphatic carboxylic acids is 1. The third-order valence-corrected chi connectivity index (χ3v) is 3.77. The molecule has 2 heterocycles. The Kier molecular flexibility index (Phi) is 6.01. The Bertz CT molecular complexity index is 360. The van der Waals surface area contributed by atoms with E-state index in [1.807, 2.05) is 25.7 Å². The van der Waals surface area contributed by atoms with Crippen molar-refractivity contribution in [2.45, 2.75) is 71.1 Å². The fourth-order valence-corrected chi connectivity index (χ4v) is 3.09. The van der Waals surface area contributed by atoms with Gasteiger partial charge in [0.05, 0.1) is 0 Å². The number of fused-ring (bicyclic) bond motifs is 2. The predicted octanol–water partition coefficient (Wildman–Crippen LogP) is 2.21. The third kappa shape index (κ3) is 5.53. The lowest BCUT2D eigenvalue weighted by Crippen LogP contribution is -2.49. The summed E-state index contributed by atoms with van der Waals surface area (Å²) in [5.41, 5.74) is 5.34. The van der Waals surface area contributed by atoms with Crippen LogP contribution in [0.15, 0.2) is 0 Å². The van der Waals surface area contributed by atoms with Gasteiger partial charge in [-0.3, -0.25) is 4.79 Å². The molecular formula is C15H28N2O4. The van der Waals surface area contributed by atoms with Gasteiger partial charge in [-0.05, 0) is 58.9 Å². The minimum atomic E-state index is -0.833. The number of ether oxygens (including phenoxy) is 1. The first-order chi connectivity index (χ1) is 9.64. The van der Waals surface area contributed by atoms with Crippen molar-refractivity contribution in [2.24, 2.45) is 11.7 Å². The molecule has 3 N–H and O–H groups in total. The second-order valence-corrected chi connectivity index (χ2v) is 6.86. The summed E-state index contributed by atoms with van der Waals surface area (Å²) in [6.07, 6.45) is 4.18. The number of hydrogen-bond donors (Lipinski definition) is 2. The maximum atomic E-state index is 12.1. The van der Waals surface area contributed by atoms with Gasteiger partial charge in [-0.25, -0.2) is 4.79 Å². The van der Waals surface area contributed by atoms with Crippen LogP contribution >= 0.6 is 0 Å². The van der Waals surface area contributed by atoms with Crippen LogP contribution in [0.5, 0.6) is 0 Å². The van der Waals surface area contributed by atoms with Gasteiger partial charge in [0.1, 0.15) is 5.60 Å². The van der Waals surface area contributed by atoms with Crippen LogP contribution < -0.4 is 5.73 Å². The van der Waals surface area contributed by atoms with Gasteiger partial charge in [0.2, 0.25) is 0 Å². The SMILES string of the molecule is CC(=O)O.CC(C)(C)OC(=O)N1C2CCC1CC(CN)C2. The maximum Gasteiger partial charge on any atom is 0.410 e. The molecule has 2 unspecified atom stereocenters. The van der Waals surface area contributed by atoms with Crippen LogP contribution in [0.1, 0.15) is 53.4 Å². The van der Waals surface area contributed by atoms with Crippen LogP contribution in [0.4, 0.5) is 4.79 Å². The summed E-state index contributed by atoms with van der Waals surface area (Å²) in [5, 5.41) is 7.42. The van der Waals surface area contributed by atoms with Crippen LogP contribution in [-0.4, -0.2) is 46.3 Å². The number of carboxylic acid groups (broad SMARTS) is 1. The van der Waals surface area contributed by atoms with Crippen LogP contribution in [0.2, 0.25) is 0 Å². The average molecular weight is 300 g/mol. The molecule has 2 rings (SSSR count). The number of carbonyl (C=O) groups is 2. The molecule has 0 aliphatic carbocycles. The van der Waals surface area contributed by atoms with Crippen molar-refractivity contribution in [1.82, 2.24) is 4.90 Å². The molecule has 1 amide bonds. The fourth-order valence-electron chi connectivity index (χ4n) is 3.09. The van der Waals surface area contributed by atoms with Crippen LogP contribution in [-0.2, 0) is 9.53 Å². The van der Waals surface area contributed by atoms with Gasteiger partial charge in [0, 0.05) is 19.0 Å². The second kappa shape index (κ2) is 7.11. The summed E-state index contributed by atoms with van der Waals surface area (Å²) in [5.74, 6) is -0.244. The number of nitrogens with zero attached hydrogens (tertiary/aromatic N) is 1. The quantitative estimate of drug-likeness (QED) is 0.774. The number of carboxylic acids is 1. The lowest BCUT2D eigenvalue weighted by molar-refractivity contribution is -0.134. The zero-order valence-corrected chi connectivity index (χ0v) is 13.5. The van der Waals surface area contributed by atoms with Gasteiger partial charge in [0.15, 0.2) is 0 Å². The Balaban J connectivity index is 0.000000491. The van der Waals surface area contributed by atoms with Gasteiger partial charge in [-0.1, -0.05) is 0 Å². The van der Waals surface area contributed by atoms with Gasteiger partial charge in [-0.15, -0.1) is 0 Å². The number of carbonyl (C=O) groups excluding carboxylic acids is 1. The smallest absolute Gasteiger partial charge is 0.410 e. The average Bonchev–Trinajstić information content (AvgIpc) is 2.57. The maximum absolute atomic E-state index is 12.1. The van der Waals surface area contributed by atoms with E-state index < -0.39 is 11.6 Å². The summed E-state index contributed by atoms with van der Waals surface area (Å²) < 4.78 is 5.48. The van der Waals surface area contributed by atoms with Crippen molar-refractivity contribution in [3.8, 4) is 0 Å². The lowest BCUT2D eigenvalue weighted by atomic mass is 9.91. The Morgan fingerprint density at radius 3 is 2.00 bits per heavy atom. The molecule has 2 fully saturated rings. The van der Waals surface area contributed by atoms with E-state index in [-0.39, 0.29) is 6.09 Å². The first-order valence-electron chi connectivity index (χ1n) is 7.55. The second-order valence-electron chi connectivity index (χ2n) is 6.86. The fraction of sp³-hybridized carbons (Fsp3) is 0.867. The molecule has 2 saturated heterocycles. The minimum Gasteiger partial charge on any atom is -0.481 e. The van der Waals surface area contributed by atoms with Crippen molar-refractivity contribution in [2.75, 3.05) is 6.54 Å². The Morgan fingerprint density at radius 2 is 1.67 bits per heavy atom. The van der Waals surface area contributed by atoms with E-state index in [1.54, 1.807) is 0 Å². The highest BCUT2D eigenvalue weighted by atomic mass is 16.6.